The molecule has 2 fully saturated rings. The molecule has 0 aliphatic carbocycles. The summed E-state index contributed by atoms with van der Waals surface area (Å²) >= 11 is 0. The molecule has 3 rings (SSSR count). The first-order chi connectivity index (χ1) is 9.69. The molecule has 2 unspecified atom stereocenters. The van der Waals surface area contributed by atoms with E-state index in [1.807, 2.05) is 24.3 Å². The molecular formula is C16H22O4. The minimum absolute atomic E-state index is 0.219. The van der Waals surface area contributed by atoms with E-state index in [9.17, 15) is 5.11 Å². The number of methoxy groups -OCH3 is 1. The molecule has 0 amide bonds. The highest BCUT2D eigenvalue weighted by Crippen LogP contribution is 2.44. The minimum atomic E-state index is -0.741. The van der Waals surface area contributed by atoms with Crippen LogP contribution in [-0.2, 0) is 15.1 Å². The Bertz CT molecular complexity index is 430. The van der Waals surface area contributed by atoms with Gasteiger partial charge in [0.1, 0.15) is 12.4 Å². The third-order valence-corrected chi connectivity index (χ3v) is 4.27. The molecule has 1 aromatic rings. The number of hydrogen-bond donors (Lipinski definition) is 1. The van der Waals surface area contributed by atoms with Crippen LogP contribution in [0.4, 0.5) is 0 Å². The highest BCUT2D eigenvalue weighted by Gasteiger charge is 2.44. The summed E-state index contributed by atoms with van der Waals surface area (Å²) < 4.78 is 16.3. The highest BCUT2D eigenvalue weighted by atomic mass is 16.5. The van der Waals surface area contributed by atoms with Crippen molar-refractivity contribution in [3.63, 3.8) is 0 Å². The van der Waals surface area contributed by atoms with Crippen LogP contribution in [0, 0.1) is 0 Å². The Balaban J connectivity index is 1.67. The third kappa shape index (κ3) is 2.82. The van der Waals surface area contributed by atoms with E-state index in [0.29, 0.717) is 26.1 Å². The van der Waals surface area contributed by atoms with E-state index >= 15 is 0 Å². The average Bonchev–Trinajstić information content (AvgIpc) is 2.79. The van der Waals surface area contributed by atoms with Gasteiger partial charge in [0, 0.05) is 20.0 Å². The summed E-state index contributed by atoms with van der Waals surface area (Å²) in [6.07, 6.45) is 3.99. The Morgan fingerprint density at radius 2 is 1.80 bits per heavy atom. The van der Waals surface area contributed by atoms with Gasteiger partial charge in [-0.15, -0.1) is 0 Å². The minimum Gasteiger partial charge on any atom is -0.491 e. The van der Waals surface area contributed by atoms with Crippen molar-refractivity contribution < 1.29 is 19.3 Å². The van der Waals surface area contributed by atoms with Gasteiger partial charge in [-0.2, -0.15) is 0 Å². The molecule has 2 atom stereocenters. The lowest BCUT2D eigenvalue weighted by molar-refractivity contribution is -0.115. The molecule has 0 radical (unpaired) electrons. The topological polar surface area (TPSA) is 47.9 Å². The largest absolute Gasteiger partial charge is 0.491 e. The second-order valence-corrected chi connectivity index (χ2v) is 5.76. The van der Waals surface area contributed by atoms with Gasteiger partial charge < -0.3 is 19.3 Å². The molecule has 2 heterocycles. The zero-order chi connectivity index (χ0) is 14.0. The fourth-order valence-electron chi connectivity index (χ4n) is 3.26. The average molecular weight is 278 g/mol. The normalized spacial score (nSPS) is 32.3. The van der Waals surface area contributed by atoms with Gasteiger partial charge >= 0.3 is 0 Å². The first kappa shape index (κ1) is 13.9. The van der Waals surface area contributed by atoms with Gasteiger partial charge in [-0.1, -0.05) is 12.1 Å². The lowest BCUT2D eigenvalue weighted by Crippen LogP contribution is -2.38. The molecule has 4 nitrogen and oxygen atoms in total. The van der Waals surface area contributed by atoms with Gasteiger partial charge in [-0.05, 0) is 30.5 Å². The van der Waals surface area contributed by atoms with Crippen molar-refractivity contribution in [1.82, 2.24) is 0 Å². The van der Waals surface area contributed by atoms with Gasteiger partial charge in [0.2, 0.25) is 0 Å². The van der Waals surface area contributed by atoms with E-state index in [1.165, 1.54) is 0 Å². The molecule has 1 N–H and O–H groups in total. The second kappa shape index (κ2) is 5.72. The van der Waals surface area contributed by atoms with E-state index in [2.05, 4.69) is 0 Å². The van der Waals surface area contributed by atoms with Gasteiger partial charge in [-0.3, -0.25) is 0 Å². The first-order valence-electron chi connectivity index (χ1n) is 7.30. The Kier molecular flexibility index (Phi) is 3.96. The zero-order valence-electron chi connectivity index (χ0n) is 11.9. The van der Waals surface area contributed by atoms with Gasteiger partial charge in [0.15, 0.2) is 0 Å². The number of fused-ring (bicyclic) bond motifs is 2. The summed E-state index contributed by atoms with van der Waals surface area (Å²) in [6.45, 7) is 1.12. The van der Waals surface area contributed by atoms with E-state index < -0.39 is 5.60 Å². The van der Waals surface area contributed by atoms with E-state index in [4.69, 9.17) is 14.2 Å². The zero-order valence-corrected chi connectivity index (χ0v) is 11.9. The summed E-state index contributed by atoms with van der Waals surface area (Å²) in [5, 5.41) is 10.9. The van der Waals surface area contributed by atoms with Crippen LogP contribution < -0.4 is 4.74 Å². The fraction of sp³-hybridized carbons (Fsp3) is 0.625. The Labute approximate surface area is 119 Å². The fourth-order valence-corrected chi connectivity index (χ4v) is 3.26. The maximum atomic E-state index is 10.9. The quantitative estimate of drug-likeness (QED) is 0.839. The maximum absolute atomic E-state index is 10.9. The van der Waals surface area contributed by atoms with Gasteiger partial charge in [0.25, 0.3) is 0 Å². The summed E-state index contributed by atoms with van der Waals surface area (Å²) in [7, 11) is 1.65. The lowest BCUT2D eigenvalue weighted by Gasteiger charge is -2.36. The van der Waals surface area contributed by atoms with Crippen molar-refractivity contribution in [2.45, 2.75) is 43.5 Å². The molecule has 2 aliphatic rings. The molecule has 2 aliphatic heterocycles. The molecule has 0 spiro atoms. The second-order valence-electron chi connectivity index (χ2n) is 5.76. The van der Waals surface area contributed by atoms with Crippen LogP contribution in [0.25, 0.3) is 0 Å². The van der Waals surface area contributed by atoms with Crippen molar-refractivity contribution in [3.05, 3.63) is 29.8 Å². The molecule has 0 aromatic heterocycles. The first-order valence-corrected chi connectivity index (χ1v) is 7.30. The Hall–Kier alpha value is -1.10. The molecular weight excluding hydrogens is 256 g/mol. The van der Waals surface area contributed by atoms with Crippen LogP contribution in [-0.4, -0.2) is 37.6 Å². The van der Waals surface area contributed by atoms with E-state index in [-0.39, 0.29) is 12.2 Å². The van der Waals surface area contributed by atoms with Crippen LogP contribution in [0.15, 0.2) is 24.3 Å². The summed E-state index contributed by atoms with van der Waals surface area (Å²) in [4.78, 5) is 0. The van der Waals surface area contributed by atoms with Crippen LogP contribution in [0.3, 0.4) is 0 Å². The van der Waals surface area contributed by atoms with E-state index in [0.717, 1.165) is 24.2 Å². The summed E-state index contributed by atoms with van der Waals surface area (Å²) in [6, 6.07) is 7.76. The number of aliphatic hydroxyl groups is 1. The molecule has 20 heavy (non-hydrogen) atoms. The Morgan fingerprint density at radius 3 is 2.40 bits per heavy atom. The van der Waals surface area contributed by atoms with Crippen LogP contribution in [0.1, 0.15) is 31.2 Å². The van der Waals surface area contributed by atoms with Crippen LogP contribution in [0.5, 0.6) is 5.75 Å². The van der Waals surface area contributed by atoms with E-state index in [1.54, 1.807) is 7.11 Å². The van der Waals surface area contributed by atoms with Crippen molar-refractivity contribution in [2.75, 3.05) is 20.3 Å². The number of rotatable bonds is 5. The van der Waals surface area contributed by atoms with Gasteiger partial charge in [-0.25, -0.2) is 0 Å². The SMILES string of the molecule is COCCOc1ccc(C2(O)CC3CCC(C2)O3)cc1. The van der Waals surface area contributed by atoms with Crippen LogP contribution in [0.2, 0.25) is 0 Å². The van der Waals surface area contributed by atoms with Crippen molar-refractivity contribution in [3.8, 4) is 5.75 Å². The molecule has 0 saturated carbocycles. The summed E-state index contributed by atoms with van der Waals surface area (Å²) in [5.74, 6) is 0.810. The van der Waals surface area contributed by atoms with Gasteiger partial charge in [0.05, 0.1) is 24.4 Å². The maximum Gasteiger partial charge on any atom is 0.119 e. The molecule has 110 valence electrons. The van der Waals surface area contributed by atoms with Crippen molar-refractivity contribution in [2.24, 2.45) is 0 Å². The standard InChI is InChI=1S/C16H22O4/c1-18-8-9-19-13-4-2-12(3-5-13)16(17)10-14-6-7-15(11-16)20-14/h2-5,14-15,17H,6-11H2,1H3. The van der Waals surface area contributed by atoms with Crippen LogP contribution >= 0.6 is 0 Å². The molecule has 4 heteroatoms. The molecule has 2 bridgehead atoms. The molecule has 2 saturated heterocycles. The number of ether oxygens (including phenoxy) is 3. The predicted octanol–water partition coefficient (Wildman–Crippen LogP) is 2.24. The lowest BCUT2D eigenvalue weighted by atomic mass is 9.83. The predicted molar refractivity (Wildman–Crippen MR) is 74.8 cm³/mol. The van der Waals surface area contributed by atoms with Crippen molar-refractivity contribution in [1.29, 1.82) is 0 Å². The molecule has 1 aromatic carbocycles. The number of benzene rings is 1. The third-order valence-electron chi connectivity index (χ3n) is 4.27. The Morgan fingerprint density at radius 1 is 1.15 bits per heavy atom. The summed E-state index contributed by atoms with van der Waals surface area (Å²) in [5.41, 5.74) is 0.228. The van der Waals surface area contributed by atoms with Crippen molar-refractivity contribution >= 4 is 0 Å². The highest BCUT2D eigenvalue weighted by molar-refractivity contribution is 5.31. The number of hydrogen-bond acceptors (Lipinski definition) is 4. The monoisotopic (exact) mass is 278 g/mol. The smallest absolute Gasteiger partial charge is 0.119 e.